The third-order valence-electron chi connectivity index (χ3n) is 2.85. The summed E-state index contributed by atoms with van der Waals surface area (Å²) in [5.41, 5.74) is 0. The minimum Gasteiger partial charge on any atom is -0.480 e. The van der Waals surface area contributed by atoms with Crippen molar-refractivity contribution in [1.82, 2.24) is 4.90 Å². The summed E-state index contributed by atoms with van der Waals surface area (Å²) in [6.07, 6.45) is 1.68. The third-order valence-corrected chi connectivity index (χ3v) is 5.74. The molecule has 8 heteroatoms. The predicted octanol–water partition coefficient (Wildman–Crippen LogP) is 1.48. The maximum absolute atomic E-state index is 12.3. The molecule has 0 aliphatic carbocycles. The molecule has 20 heavy (non-hydrogen) atoms. The average Bonchev–Trinajstić information content (AvgIpc) is 2.83. The van der Waals surface area contributed by atoms with Gasteiger partial charge in [0.05, 0.1) is 4.88 Å². The fraction of sp³-hybridized carbons (Fsp3) is 0.500. The van der Waals surface area contributed by atoms with E-state index in [0.717, 1.165) is 17.6 Å². The number of carbonyl (C=O) groups is 2. The van der Waals surface area contributed by atoms with Gasteiger partial charge in [0.2, 0.25) is 0 Å². The van der Waals surface area contributed by atoms with Gasteiger partial charge in [-0.1, -0.05) is 6.92 Å². The van der Waals surface area contributed by atoms with Crippen LogP contribution in [0.5, 0.6) is 0 Å². The second-order valence-electron chi connectivity index (χ2n) is 4.47. The highest BCUT2D eigenvalue weighted by molar-refractivity contribution is 7.92. The van der Waals surface area contributed by atoms with Gasteiger partial charge in [-0.2, -0.15) is 0 Å². The number of carboxylic acid groups (broad SMARTS) is 1. The Morgan fingerprint density at radius 2 is 2.00 bits per heavy atom. The van der Waals surface area contributed by atoms with Gasteiger partial charge in [0.25, 0.3) is 5.91 Å². The molecule has 1 aromatic heterocycles. The minimum absolute atomic E-state index is 0.0975. The van der Waals surface area contributed by atoms with Crippen molar-refractivity contribution in [3.8, 4) is 0 Å². The van der Waals surface area contributed by atoms with Gasteiger partial charge in [-0.3, -0.25) is 9.59 Å². The van der Waals surface area contributed by atoms with Crippen LogP contribution in [0.3, 0.4) is 0 Å². The molecule has 0 aromatic carbocycles. The van der Waals surface area contributed by atoms with Crippen LogP contribution < -0.4 is 0 Å². The number of amides is 1. The first-order valence-corrected chi connectivity index (χ1v) is 8.70. The summed E-state index contributed by atoms with van der Waals surface area (Å²) in [4.78, 5) is 24.6. The maximum atomic E-state index is 12.3. The van der Waals surface area contributed by atoms with E-state index in [1.54, 1.807) is 6.92 Å². The van der Waals surface area contributed by atoms with Crippen molar-refractivity contribution in [2.75, 3.05) is 12.8 Å². The Morgan fingerprint density at radius 1 is 1.40 bits per heavy atom. The van der Waals surface area contributed by atoms with Gasteiger partial charge in [0, 0.05) is 12.3 Å². The molecule has 1 unspecified atom stereocenters. The molecule has 0 radical (unpaired) electrons. The van der Waals surface area contributed by atoms with Gasteiger partial charge in [-0.15, -0.1) is 11.3 Å². The number of rotatable bonds is 6. The molecule has 0 spiro atoms. The highest BCUT2D eigenvalue weighted by atomic mass is 32.2. The second kappa shape index (κ2) is 6.36. The van der Waals surface area contributed by atoms with Crippen molar-refractivity contribution in [3.63, 3.8) is 0 Å². The predicted molar refractivity (Wildman–Crippen MR) is 75.9 cm³/mol. The molecule has 0 fully saturated rings. The van der Waals surface area contributed by atoms with Gasteiger partial charge in [0.15, 0.2) is 9.84 Å². The van der Waals surface area contributed by atoms with Gasteiger partial charge in [-0.25, -0.2) is 8.42 Å². The van der Waals surface area contributed by atoms with Crippen LogP contribution >= 0.6 is 11.3 Å². The summed E-state index contributed by atoms with van der Waals surface area (Å²) in [6, 6.07) is 2.55. The van der Waals surface area contributed by atoms with E-state index in [1.165, 1.54) is 17.0 Å². The zero-order chi connectivity index (χ0) is 15.5. The number of carboxylic acids is 1. The summed E-state index contributed by atoms with van der Waals surface area (Å²) >= 11 is 0.859. The van der Waals surface area contributed by atoms with E-state index in [9.17, 15) is 18.0 Å². The first-order chi connectivity index (χ1) is 9.16. The first-order valence-electron chi connectivity index (χ1n) is 5.99. The minimum atomic E-state index is -3.36. The molecular weight excluding hydrogens is 302 g/mol. The molecular formula is C12H17NO5S2. The fourth-order valence-electron chi connectivity index (χ4n) is 1.57. The average molecular weight is 319 g/mol. The topological polar surface area (TPSA) is 91.8 Å². The summed E-state index contributed by atoms with van der Waals surface area (Å²) in [6.45, 7) is 3.20. The van der Waals surface area contributed by atoms with E-state index in [4.69, 9.17) is 5.11 Å². The zero-order valence-electron chi connectivity index (χ0n) is 11.5. The molecule has 0 saturated heterocycles. The third kappa shape index (κ3) is 4.04. The van der Waals surface area contributed by atoms with Crippen molar-refractivity contribution in [1.29, 1.82) is 0 Å². The van der Waals surface area contributed by atoms with Gasteiger partial charge < -0.3 is 10.0 Å². The molecule has 112 valence electrons. The van der Waals surface area contributed by atoms with Crippen LogP contribution in [-0.4, -0.2) is 49.1 Å². The normalized spacial score (nSPS) is 12.9. The number of thiophene rings is 1. The zero-order valence-corrected chi connectivity index (χ0v) is 13.1. The molecule has 0 saturated carbocycles. The molecule has 1 atom stereocenters. The lowest BCUT2D eigenvalue weighted by Gasteiger charge is -2.26. The van der Waals surface area contributed by atoms with Crippen molar-refractivity contribution in [2.45, 2.75) is 30.5 Å². The highest BCUT2D eigenvalue weighted by Crippen LogP contribution is 2.23. The molecule has 1 heterocycles. The molecule has 0 bridgehead atoms. The van der Waals surface area contributed by atoms with Gasteiger partial charge in [-0.05, 0) is 25.5 Å². The summed E-state index contributed by atoms with van der Waals surface area (Å²) < 4.78 is 22.9. The van der Waals surface area contributed by atoms with Crippen LogP contribution in [0.15, 0.2) is 16.3 Å². The number of hydrogen-bond acceptors (Lipinski definition) is 5. The second-order valence-corrected chi connectivity index (χ2v) is 7.80. The van der Waals surface area contributed by atoms with E-state index in [0.29, 0.717) is 6.42 Å². The van der Waals surface area contributed by atoms with Crippen LogP contribution in [0.2, 0.25) is 0 Å². The maximum Gasteiger partial charge on any atom is 0.323 e. The van der Waals surface area contributed by atoms with E-state index in [2.05, 4.69) is 0 Å². The smallest absolute Gasteiger partial charge is 0.323 e. The van der Waals surface area contributed by atoms with E-state index < -0.39 is 28.3 Å². The van der Waals surface area contributed by atoms with Crippen molar-refractivity contribution in [3.05, 3.63) is 17.0 Å². The van der Waals surface area contributed by atoms with Crippen LogP contribution in [0.1, 0.15) is 29.9 Å². The molecule has 0 aliphatic heterocycles. The lowest BCUT2D eigenvalue weighted by atomic mass is 10.2. The lowest BCUT2D eigenvalue weighted by molar-refractivity contribution is -0.138. The Bertz CT molecular complexity index is 605. The number of carbonyl (C=O) groups excluding carboxylic acids is 1. The Kier molecular flexibility index (Phi) is 5.29. The Balaban J connectivity index is 3.06. The summed E-state index contributed by atoms with van der Waals surface area (Å²) in [7, 11) is -3.36. The van der Waals surface area contributed by atoms with Gasteiger partial charge in [0.1, 0.15) is 10.8 Å². The Morgan fingerprint density at radius 3 is 2.40 bits per heavy atom. The SMILES string of the molecule is CCC(C)N(CC(=O)O)C(=O)c1ccc(S(C)(=O)=O)s1. The van der Waals surface area contributed by atoms with E-state index in [1.807, 2.05) is 6.92 Å². The first kappa shape index (κ1) is 16.6. The van der Waals surface area contributed by atoms with E-state index >= 15 is 0 Å². The van der Waals surface area contributed by atoms with Crippen LogP contribution in [-0.2, 0) is 14.6 Å². The Labute approximate surface area is 121 Å². The molecule has 1 rings (SSSR count). The lowest BCUT2D eigenvalue weighted by Crippen LogP contribution is -2.41. The quantitative estimate of drug-likeness (QED) is 0.857. The fourth-order valence-corrected chi connectivity index (χ4v) is 3.45. The number of sulfone groups is 1. The number of hydrogen-bond donors (Lipinski definition) is 1. The van der Waals surface area contributed by atoms with Crippen LogP contribution in [0.25, 0.3) is 0 Å². The molecule has 1 N–H and O–H groups in total. The molecule has 1 aromatic rings. The summed E-state index contributed by atoms with van der Waals surface area (Å²) in [5, 5.41) is 8.87. The monoisotopic (exact) mass is 319 g/mol. The largest absolute Gasteiger partial charge is 0.480 e. The van der Waals surface area contributed by atoms with Crippen LogP contribution in [0.4, 0.5) is 0 Å². The summed E-state index contributed by atoms with van der Waals surface area (Å²) in [5.74, 6) is -1.56. The van der Waals surface area contributed by atoms with Crippen molar-refractivity contribution >= 4 is 33.1 Å². The van der Waals surface area contributed by atoms with Gasteiger partial charge >= 0.3 is 5.97 Å². The number of aliphatic carboxylic acids is 1. The van der Waals surface area contributed by atoms with Crippen LogP contribution in [0, 0.1) is 0 Å². The molecule has 6 nitrogen and oxygen atoms in total. The van der Waals surface area contributed by atoms with Crippen molar-refractivity contribution < 1.29 is 23.1 Å². The molecule has 1 amide bonds. The highest BCUT2D eigenvalue weighted by Gasteiger charge is 2.25. The molecule has 0 aliphatic rings. The van der Waals surface area contributed by atoms with Crippen molar-refractivity contribution in [2.24, 2.45) is 0 Å². The Hall–Kier alpha value is -1.41. The standard InChI is InChI=1S/C12H17NO5S2/c1-4-8(2)13(7-10(14)15)12(16)9-5-6-11(19-9)20(3,17)18/h5-6,8H,4,7H2,1-3H3,(H,14,15). The number of nitrogens with zero attached hydrogens (tertiary/aromatic N) is 1. The van der Waals surface area contributed by atoms with E-state index in [-0.39, 0.29) is 15.1 Å².